The van der Waals surface area contributed by atoms with E-state index < -0.39 is 6.10 Å². The molecule has 0 heterocycles. The first-order chi connectivity index (χ1) is 10.7. The lowest BCUT2D eigenvalue weighted by Gasteiger charge is -2.26. The Balaban J connectivity index is 1.90. The zero-order valence-corrected chi connectivity index (χ0v) is 12.7. The molecule has 1 unspecified atom stereocenters. The number of methoxy groups -OCH3 is 1. The maximum Gasteiger partial charge on any atom is 0.310 e. The third-order valence-electron chi connectivity index (χ3n) is 4.08. The first-order valence-electron chi connectivity index (χ1n) is 7.45. The largest absolute Gasteiger partial charge is 0.469 e. The van der Waals surface area contributed by atoms with Crippen molar-refractivity contribution in [2.75, 3.05) is 7.11 Å². The second-order valence-electron chi connectivity index (χ2n) is 5.47. The average Bonchev–Trinajstić information content (AvgIpc) is 2.59. The molecule has 4 heteroatoms. The molecule has 0 amide bonds. The van der Waals surface area contributed by atoms with Crippen molar-refractivity contribution in [2.24, 2.45) is 11.8 Å². The summed E-state index contributed by atoms with van der Waals surface area (Å²) in [5, 5.41) is 0. The zero-order chi connectivity index (χ0) is 15.9. The van der Waals surface area contributed by atoms with E-state index in [1.165, 1.54) is 7.11 Å². The van der Waals surface area contributed by atoms with Crippen LogP contribution in [0.2, 0.25) is 0 Å². The Hall–Kier alpha value is -2.28. The summed E-state index contributed by atoms with van der Waals surface area (Å²) < 4.78 is 10.2. The van der Waals surface area contributed by atoms with E-state index in [9.17, 15) is 9.59 Å². The molecule has 1 aromatic rings. The first-order valence-corrected chi connectivity index (χ1v) is 7.45. The molecular formula is C18H20O4. The van der Waals surface area contributed by atoms with Gasteiger partial charge in [-0.3, -0.25) is 9.59 Å². The third kappa shape index (κ3) is 3.88. The van der Waals surface area contributed by atoms with Gasteiger partial charge >= 0.3 is 11.9 Å². The molecule has 0 aromatic heterocycles. The summed E-state index contributed by atoms with van der Waals surface area (Å²) in [5.74, 6) is 1.73. The van der Waals surface area contributed by atoms with Crippen molar-refractivity contribution in [3.8, 4) is 12.3 Å². The molecule has 0 N–H and O–H groups in total. The summed E-state index contributed by atoms with van der Waals surface area (Å²) >= 11 is 0. The predicted molar refractivity (Wildman–Crippen MR) is 81.6 cm³/mol. The second kappa shape index (κ2) is 7.65. The van der Waals surface area contributed by atoms with Crippen LogP contribution in [0.25, 0.3) is 0 Å². The van der Waals surface area contributed by atoms with Crippen molar-refractivity contribution in [1.82, 2.24) is 0 Å². The summed E-state index contributed by atoms with van der Waals surface area (Å²) in [6.45, 7) is 0. The fraction of sp³-hybridized carbons (Fsp3) is 0.444. The highest BCUT2D eigenvalue weighted by Crippen LogP contribution is 2.31. The fourth-order valence-electron chi connectivity index (χ4n) is 2.77. The highest BCUT2D eigenvalue weighted by Gasteiger charge is 2.32. The molecular weight excluding hydrogens is 280 g/mol. The molecule has 0 spiro atoms. The Morgan fingerprint density at radius 2 is 1.64 bits per heavy atom. The molecule has 1 aliphatic carbocycles. The van der Waals surface area contributed by atoms with E-state index >= 15 is 0 Å². The van der Waals surface area contributed by atoms with Crippen LogP contribution in [-0.2, 0) is 19.1 Å². The van der Waals surface area contributed by atoms with Crippen LogP contribution in [0.3, 0.4) is 0 Å². The van der Waals surface area contributed by atoms with Crippen molar-refractivity contribution in [3.05, 3.63) is 35.9 Å². The molecule has 22 heavy (non-hydrogen) atoms. The number of esters is 2. The molecule has 0 bridgehead atoms. The van der Waals surface area contributed by atoms with Crippen molar-refractivity contribution < 1.29 is 19.1 Å². The lowest BCUT2D eigenvalue weighted by molar-refractivity contribution is -0.156. The van der Waals surface area contributed by atoms with E-state index in [2.05, 4.69) is 5.92 Å². The first kappa shape index (κ1) is 16.1. The van der Waals surface area contributed by atoms with Gasteiger partial charge in [0.1, 0.15) is 0 Å². The van der Waals surface area contributed by atoms with E-state index in [4.69, 9.17) is 15.9 Å². The van der Waals surface area contributed by atoms with Gasteiger partial charge in [-0.2, -0.15) is 0 Å². The number of carbonyl (C=O) groups excluding carboxylic acids is 2. The topological polar surface area (TPSA) is 52.6 Å². The van der Waals surface area contributed by atoms with Gasteiger partial charge in [0, 0.05) is 5.56 Å². The Bertz CT molecular complexity index is 550. The van der Waals surface area contributed by atoms with Gasteiger partial charge < -0.3 is 9.47 Å². The SMILES string of the molecule is C#CC(OC(=O)C1CCC(C(=O)OC)CC1)c1ccccc1. The van der Waals surface area contributed by atoms with Gasteiger partial charge in [0.05, 0.1) is 18.9 Å². The predicted octanol–water partition coefficient (Wildman–Crippen LogP) is 2.88. The molecule has 1 saturated carbocycles. The number of carbonyl (C=O) groups is 2. The van der Waals surface area contributed by atoms with Crippen LogP contribution in [0, 0.1) is 24.2 Å². The molecule has 1 fully saturated rings. The summed E-state index contributed by atoms with van der Waals surface area (Å²) in [6.07, 6.45) is 7.38. The number of rotatable bonds is 4. The van der Waals surface area contributed by atoms with Gasteiger partial charge in [-0.15, -0.1) is 6.42 Å². The second-order valence-corrected chi connectivity index (χ2v) is 5.47. The van der Waals surface area contributed by atoms with E-state index in [1.807, 2.05) is 30.3 Å². The van der Waals surface area contributed by atoms with Crippen LogP contribution < -0.4 is 0 Å². The maximum absolute atomic E-state index is 12.3. The van der Waals surface area contributed by atoms with Gasteiger partial charge in [-0.25, -0.2) is 0 Å². The molecule has 116 valence electrons. The minimum atomic E-state index is -0.660. The normalized spacial score (nSPS) is 22.2. The molecule has 1 aliphatic rings. The number of hydrogen-bond donors (Lipinski definition) is 0. The van der Waals surface area contributed by atoms with Crippen LogP contribution in [0.1, 0.15) is 37.4 Å². The molecule has 2 rings (SSSR count). The third-order valence-corrected chi connectivity index (χ3v) is 4.08. The van der Waals surface area contributed by atoms with Crippen molar-refractivity contribution in [1.29, 1.82) is 0 Å². The average molecular weight is 300 g/mol. The number of terminal acetylenes is 1. The number of ether oxygens (including phenoxy) is 2. The Morgan fingerprint density at radius 1 is 1.09 bits per heavy atom. The van der Waals surface area contributed by atoms with Gasteiger partial charge in [0.15, 0.2) is 6.10 Å². The zero-order valence-electron chi connectivity index (χ0n) is 12.7. The van der Waals surface area contributed by atoms with Gasteiger partial charge in [-0.1, -0.05) is 36.3 Å². The summed E-state index contributed by atoms with van der Waals surface area (Å²) in [6, 6.07) is 9.27. The van der Waals surface area contributed by atoms with Crippen LogP contribution in [0.5, 0.6) is 0 Å². The van der Waals surface area contributed by atoms with Gasteiger partial charge in [-0.05, 0) is 25.7 Å². The van der Waals surface area contributed by atoms with E-state index in [-0.39, 0.29) is 23.8 Å². The van der Waals surface area contributed by atoms with E-state index in [0.717, 1.165) is 5.56 Å². The lowest BCUT2D eigenvalue weighted by atomic mass is 9.82. The highest BCUT2D eigenvalue weighted by molar-refractivity contribution is 5.75. The van der Waals surface area contributed by atoms with Crippen molar-refractivity contribution in [3.63, 3.8) is 0 Å². The molecule has 4 nitrogen and oxygen atoms in total. The standard InChI is InChI=1S/C18H20O4/c1-3-16(13-7-5-4-6-8-13)22-18(20)15-11-9-14(10-12-15)17(19)21-2/h1,4-8,14-16H,9-12H2,2H3. The molecule has 1 atom stereocenters. The van der Waals surface area contributed by atoms with Gasteiger partial charge in [0.25, 0.3) is 0 Å². The molecule has 0 radical (unpaired) electrons. The smallest absolute Gasteiger partial charge is 0.310 e. The summed E-state index contributed by atoms with van der Waals surface area (Å²) in [5.41, 5.74) is 0.793. The lowest BCUT2D eigenvalue weighted by Crippen LogP contribution is -2.28. The Labute approximate surface area is 130 Å². The van der Waals surface area contributed by atoms with E-state index in [1.54, 1.807) is 0 Å². The minimum absolute atomic E-state index is 0.105. The Morgan fingerprint density at radius 3 is 2.14 bits per heavy atom. The van der Waals surface area contributed by atoms with Crippen LogP contribution in [0.15, 0.2) is 30.3 Å². The van der Waals surface area contributed by atoms with Gasteiger partial charge in [0.2, 0.25) is 0 Å². The minimum Gasteiger partial charge on any atom is -0.469 e. The van der Waals surface area contributed by atoms with Crippen LogP contribution in [-0.4, -0.2) is 19.0 Å². The number of benzene rings is 1. The van der Waals surface area contributed by atoms with Crippen molar-refractivity contribution >= 4 is 11.9 Å². The molecule has 1 aromatic carbocycles. The van der Waals surface area contributed by atoms with Crippen LogP contribution >= 0.6 is 0 Å². The van der Waals surface area contributed by atoms with Crippen LogP contribution in [0.4, 0.5) is 0 Å². The summed E-state index contributed by atoms with van der Waals surface area (Å²) in [4.78, 5) is 23.7. The monoisotopic (exact) mass is 300 g/mol. The maximum atomic E-state index is 12.3. The molecule has 0 aliphatic heterocycles. The highest BCUT2D eigenvalue weighted by atomic mass is 16.5. The van der Waals surface area contributed by atoms with Crippen molar-refractivity contribution in [2.45, 2.75) is 31.8 Å². The quantitative estimate of drug-likeness (QED) is 0.634. The summed E-state index contributed by atoms with van der Waals surface area (Å²) in [7, 11) is 1.39. The Kier molecular flexibility index (Phi) is 5.60. The molecule has 0 saturated heterocycles. The fourth-order valence-corrected chi connectivity index (χ4v) is 2.77. The number of hydrogen-bond acceptors (Lipinski definition) is 4. The van der Waals surface area contributed by atoms with E-state index in [0.29, 0.717) is 25.7 Å².